The first-order valence-corrected chi connectivity index (χ1v) is 9.62. The molecule has 0 fully saturated rings. The van der Waals surface area contributed by atoms with E-state index in [1.54, 1.807) is 0 Å². The van der Waals surface area contributed by atoms with Gasteiger partial charge >= 0.3 is 0 Å². The van der Waals surface area contributed by atoms with E-state index in [1.807, 2.05) is 57.2 Å². The molecule has 1 heterocycles. The monoisotopic (exact) mass is 417 g/mol. The van der Waals surface area contributed by atoms with Crippen LogP contribution in [0.2, 0.25) is 0 Å². The number of halogens is 1. The van der Waals surface area contributed by atoms with Crippen molar-refractivity contribution in [1.29, 1.82) is 0 Å². The Balaban J connectivity index is 1.69. The molecule has 3 aromatic rings. The Morgan fingerprint density at radius 3 is 2.69 bits per heavy atom. The number of benzene rings is 2. The van der Waals surface area contributed by atoms with Crippen molar-refractivity contribution in [3.05, 3.63) is 52.3 Å². The molecule has 6 heteroatoms. The summed E-state index contributed by atoms with van der Waals surface area (Å²) in [7, 11) is 0. The molecule has 1 aromatic heterocycles. The molecule has 26 heavy (non-hydrogen) atoms. The summed E-state index contributed by atoms with van der Waals surface area (Å²) in [5.74, 6) is 2.45. The predicted molar refractivity (Wildman–Crippen MR) is 108 cm³/mol. The highest BCUT2D eigenvalue weighted by Gasteiger charge is 2.12. The minimum Gasteiger partial charge on any atom is -0.490 e. The third-order valence-corrected chi connectivity index (χ3v) is 4.56. The molecule has 0 saturated carbocycles. The number of aromatic amines is 1. The van der Waals surface area contributed by atoms with Gasteiger partial charge in [-0.3, -0.25) is 0 Å². The van der Waals surface area contributed by atoms with Gasteiger partial charge in [-0.2, -0.15) is 0 Å². The van der Waals surface area contributed by atoms with Gasteiger partial charge in [0.2, 0.25) is 0 Å². The van der Waals surface area contributed by atoms with Gasteiger partial charge in [0, 0.05) is 11.0 Å². The molecule has 0 aliphatic rings. The van der Waals surface area contributed by atoms with Crippen LogP contribution in [0.3, 0.4) is 0 Å². The van der Waals surface area contributed by atoms with Crippen molar-refractivity contribution in [3.8, 4) is 11.5 Å². The number of nitrogens with one attached hydrogen (secondary N) is 2. The van der Waals surface area contributed by atoms with Crippen LogP contribution in [-0.2, 0) is 13.1 Å². The number of ether oxygens (including phenoxy) is 2. The molecule has 2 aromatic carbocycles. The van der Waals surface area contributed by atoms with Crippen LogP contribution in [-0.4, -0.2) is 22.7 Å². The number of hydrogen-bond acceptors (Lipinski definition) is 4. The molecule has 0 spiro atoms. The molecule has 0 aliphatic heterocycles. The van der Waals surface area contributed by atoms with Gasteiger partial charge in [-0.1, -0.05) is 28.1 Å². The lowest BCUT2D eigenvalue weighted by atomic mass is 10.2. The van der Waals surface area contributed by atoms with Crippen molar-refractivity contribution in [3.63, 3.8) is 0 Å². The van der Waals surface area contributed by atoms with E-state index in [1.165, 1.54) is 0 Å². The van der Waals surface area contributed by atoms with Crippen molar-refractivity contribution in [2.45, 2.75) is 40.0 Å². The molecule has 0 amide bonds. The average Bonchev–Trinajstić information content (AvgIpc) is 3.01. The second-order valence-electron chi connectivity index (χ2n) is 6.29. The van der Waals surface area contributed by atoms with Gasteiger partial charge in [-0.15, -0.1) is 0 Å². The highest BCUT2D eigenvalue weighted by atomic mass is 79.9. The van der Waals surface area contributed by atoms with Crippen LogP contribution in [0, 0.1) is 0 Å². The number of para-hydroxylation sites is 2. The molecule has 2 N–H and O–H groups in total. The molecule has 3 rings (SSSR count). The average molecular weight is 418 g/mol. The molecular formula is C20H24BrN3O2. The highest BCUT2D eigenvalue weighted by molar-refractivity contribution is 9.10. The third-order valence-electron chi connectivity index (χ3n) is 3.82. The Labute approximate surface area is 162 Å². The Kier molecular flexibility index (Phi) is 6.16. The predicted octanol–water partition coefficient (Wildman–Crippen LogP) is 4.80. The van der Waals surface area contributed by atoms with E-state index in [2.05, 4.69) is 31.2 Å². The minimum absolute atomic E-state index is 0.0955. The largest absolute Gasteiger partial charge is 0.490 e. The van der Waals surface area contributed by atoms with Gasteiger partial charge in [-0.25, -0.2) is 4.98 Å². The summed E-state index contributed by atoms with van der Waals surface area (Å²) in [6, 6.07) is 12.0. The fraction of sp³-hybridized carbons (Fsp3) is 0.350. The van der Waals surface area contributed by atoms with Gasteiger partial charge < -0.3 is 19.8 Å². The zero-order valence-corrected chi connectivity index (χ0v) is 16.9. The standard InChI is InChI=1S/C20H24BrN3O2/c1-4-25-18-9-14(15(21)10-19(18)26-13(2)3)11-22-12-20-23-16-7-5-6-8-17(16)24-20/h5-10,13,22H,4,11-12H2,1-3H3,(H,23,24). The zero-order valence-electron chi connectivity index (χ0n) is 15.3. The number of H-pyrrole nitrogens is 1. The van der Waals surface area contributed by atoms with Crippen molar-refractivity contribution in [2.75, 3.05) is 6.61 Å². The molecule has 0 radical (unpaired) electrons. The van der Waals surface area contributed by atoms with Crippen molar-refractivity contribution in [1.82, 2.24) is 15.3 Å². The molecule has 0 aliphatic carbocycles. The molecule has 0 atom stereocenters. The maximum absolute atomic E-state index is 5.85. The fourth-order valence-electron chi connectivity index (χ4n) is 2.73. The van der Waals surface area contributed by atoms with E-state index in [0.29, 0.717) is 19.7 Å². The Morgan fingerprint density at radius 2 is 1.96 bits per heavy atom. The lowest BCUT2D eigenvalue weighted by molar-refractivity contribution is 0.223. The van der Waals surface area contributed by atoms with Crippen LogP contribution in [0.25, 0.3) is 11.0 Å². The molecule has 138 valence electrons. The molecule has 0 unspecified atom stereocenters. The smallest absolute Gasteiger partial charge is 0.162 e. The molecule has 0 bridgehead atoms. The van der Waals surface area contributed by atoms with Crippen LogP contribution in [0.1, 0.15) is 32.2 Å². The van der Waals surface area contributed by atoms with Gasteiger partial charge in [0.25, 0.3) is 0 Å². The zero-order chi connectivity index (χ0) is 18.5. The van der Waals surface area contributed by atoms with Crippen LogP contribution in [0.15, 0.2) is 40.9 Å². The number of hydrogen-bond donors (Lipinski definition) is 2. The van der Waals surface area contributed by atoms with Gasteiger partial charge in [0.15, 0.2) is 11.5 Å². The van der Waals surface area contributed by atoms with Gasteiger partial charge in [0.05, 0.1) is 30.3 Å². The normalized spacial score (nSPS) is 11.3. The van der Waals surface area contributed by atoms with E-state index in [4.69, 9.17) is 9.47 Å². The highest BCUT2D eigenvalue weighted by Crippen LogP contribution is 2.34. The summed E-state index contributed by atoms with van der Waals surface area (Å²) in [5.41, 5.74) is 3.15. The van der Waals surface area contributed by atoms with Crippen LogP contribution in [0.4, 0.5) is 0 Å². The SMILES string of the molecule is CCOc1cc(CNCc2nc3ccccc3[nH]2)c(Br)cc1OC(C)C. The van der Waals surface area contributed by atoms with E-state index < -0.39 is 0 Å². The van der Waals surface area contributed by atoms with Crippen LogP contribution in [0.5, 0.6) is 11.5 Å². The maximum atomic E-state index is 5.85. The summed E-state index contributed by atoms with van der Waals surface area (Å²) in [5, 5.41) is 3.43. The summed E-state index contributed by atoms with van der Waals surface area (Å²) < 4.78 is 12.6. The maximum Gasteiger partial charge on any atom is 0.162 e. The number of fused-ring (bicyclic) bond motifs is 1. The second kappa shape index (κ2) is 8.56. The van der Waals surface area contributed by atoms with Gasteiger partial charge in [0.1, 0.15) is 5.82 Å². The first-order valence-electron chi connectivity index (χ1n) is 8.83. The van der Waals surface area contributed by atoms with E-state index in [9.17, 15) is 0 Å². The Morgan fingerprint density at radius 1 is 1.15 bits per heavy atom. The summed E-state index contributed by atoms with van der Waals surface area (Å²) >= 11 is 3.64. The minimum atomic E-state index is 0.0955. The van der Waals surface area contributed by atoms with E-state index in [-0.39, 0.29) is 6.10 Å². The van der Waals surface area contributed by atoms with Crippen LogP contribution >= 0.6 is 15.9 Å². The summed E-state index contributed by atoms with van der Waals surface area (Å²) in [6.07, 6.45) is 0.0955. The second-order valence-corrected chi connectivity index (χ2v) is 7.15. The number of imidazole rings is 1. The molecular weight excluding hydrogens is 394 g/mol. The van der Waals surface area contributed by atoms with Crippen molar-refractivity contribution < 1.29 is 9.47 Å². The summed E-state index contributed by atoms with van der Waals surface area (Å²) in [4.78, 5) is 7.91. The lowest BCUT2D eigenvalue weighted by Crippen LogP contribution is -2.14. The Hall–Kier alpha value is -2.05. The fourth-order valence-corrected chi connectivity index (χ4v) is 3.19. The first kappa shape index (κ1) is 18.7. The molecule has 0 saturated heterocycles. The molecule has 5 nitrogen and oxygen atoms in total. The quantitative estimate of drug-likeness (QED) is 0.552. The van der Waals surface area contributed by atoms with Gasteiger partial charge in [-0.05, 0) is 50.6 Å². The van der Waals surface area contributed by atoms with Crippen molar-refractivity contribution in [2.24, 2.45) is 0 Å². The first-order chi connectivity index (χ1) is 12.6. The summed E-state index contributed by atoms with van der Waals surface area (Å²) in [6.45, 7) is 7.94. The lowest BCUT2D eigenvalue weighted by Gasteiger charge is -2.17. The number of rotatable bonds is 8. The number of nitrogens with zero attached hydrogens (tertiary/aromatic N) is 1. The third kappa shape index (κ3) is 4.56. The topological polar surface area (TPSA) is 59.2 Å². The van der Waals surface area contributed by atoms with E-state index >= 15 is 0 Å². The van der Waals surface area contributed by atoms with E-state index in [0.717, 1.165) is 38.4 Å². The Bertz CT molecular complexity index is 844. The van der Waals surface area contributed by atoms with Crippen LogP contribution < -0.4 is 14.8 Å². The number of aromatic nitrogens is 2. The van der Waals surface area contributed by atoms with Crippen molar-refractivity contribution >= 4 is 27.0 Å².